The summed E-state index contributed by atoms with van der Waals surface area (Å²) in [6, 6.07) is 13.2. The molecule has 0 saturated carbocycles. The van der Waals surface area contributed by atoms with E-state index in [1.54, 1.807) is 50.2 Å². The third kappa shape index (κ3) is 5.05. The van der Waals surface area contributed by atoms with Crippen LogP contribution in [0.4, 0.5) is 0 Å². The summed E-state index contributed by atoms with van der Waals surface area (Å²) in [6.45, 7) is 3.53. The van der Waals surface area contributed by atoms with E-state index in [1.807, 2.05) is 0 Å². The first kappa shape index (κ1) is 21.5. The summed E-state index contributed by atoms with van der Waals surface area (Å²) in [5, 5.41) is 5.43. The number of hydrogen-bond acceptors (Lipinski definition) is 4. The van der Waals surface area contributed by atoms with Gasteiger partial charge in [0.05, 0.1) is 17.1 Å². The zero-order valence-electron chi connectivity index (χ0n) is 15.8. The van der Waals surface area contributed by atoms with Crippen molar-refractivity contribution in [3.63, 3.8) is 0 Å². The number of aromatic nitrogens is 2. The molecule has 0 bridgehead atoms. The summed E-state index contributed by atoms with van der Waals surface area (Å²) >= 11 is 11.9. The molecule has 29 heavy (non-hydrogen) atoms. The molecule has 1 N–H and O–H groups in total. The topological polar surface area (TPSA) is 81.1 Å². The number of hydrogen-bond donors (Lipinski definition) is 1. The highest BCUT2D eigenvalue weighted by molar-refractivity contribution is 7.89. The Balaban J connectivity index is 1.76. The Hall–Kier alpha value is -2.19. The van der Waals surface area contributed by atoms with Crippen LogP contribution in [0.3, 0.4) is 0 Å². The van der Waals surface area contributed by atoms with Crippen LogP contribution in [0.15, 0.2) is 58.2 Å². The second-order valence-corrected chi connectivity index (χ2v) is 9.13. The zero-order valence-corrected chi connectivity index (χ0v) is 18.1. The first-order chi connectivity index (χ1) is 13.7. The SMILES string of the molecule is Cc1cc(S(=O)(=O)NCCn2nc(-c3ccc(Cl)cc3)ccc2=O)c(C)cc1Cl. The minimum Gasteiger partial charge on any atom is -0.268 e. The second-order valence-electron chi connectivity index (χ2n) is 6.55. The third-order valence-corrected chi connectivity index (χ3v) is 6.63. The molecule has 1 heterocycles. The molecule has 1 aromatic heterocycles. The molecule has 2 aromatic carbocycles. The Bertz CT molecular complexity index is 1210. The van der Waals surface area contributed by atoms with Gasteiger partial charge in [0.1, 0.15) is 0 Å². The number of rotatable bonds is 6. The van der Waals surface area contributed by atoms with Gasteiger partial charge < -0.3 is 0 Å². The summed E-state index contributed by atoms with van der Waals surface area (Å²) in [7, 11) is -3.75. The van der Waals surface area contributed by atoms with Crippen molar-refractivity contribution in [2.24, 2.45) is 0 Å². The van der Waals surface area contributed by atoms with Crippen LogP contribution >= 0.6 is 23.2 Å². The summed E-state index contributed by atoms with van der Waals surface area (Å²) in [5.74, 6) is 0. The van der Waals surface area contributed by atoms with Gasteiger partial charge >= 0.3 is 0 Å². The van der Waals surface area contributed by atoms with Crippen LogP contribution in [-0.4, -0.2) is 24.7 Å². The molecule has 0 aliphatic rings. The number of aryl methyl sites for hydroxylation is 2. The van der Waals surface area contributed by atoms with E-state index in [1.165, 1.54) is 16.8 Å². The Morgan fingerprint density at radius 3 is 2.38 bits per heavy atom. The average Bonchev–Trinajstić information content (AvgIpc) is 2.66. The largest absolute Gasteiger partial charge is 0.268 e. The lowest BCUT2D eigenvalue weighted by molar-refractivity contribution is 0.548. The van der Waals surface area contributed by atoms with Crippen molar-refractivity contribution in [3.8, 4) is 11.3 Å². The smallest absolute Gasteiger partial charge is 0.266 e. The minimum atomic E-state index is -3.75. The van der Waals surface area contributed by atoms with Crippen LogP contribution in [0.2, 0.25) is 10.0 Å². The maximum absolute atomic E-state index is 12.6. The fourth-order valence-corrected chi connectivity index (χ4v) is 4.47. The van der Waals surface area contributed by atoms with E-state index in [9.17, 15) is 13.2 Å². The zero-order chi connectivity index (χ0) is 21.2. The Kier molecular flexibility index (Phi) is 6.43. The molecule has 3 rings (SSSR count). The number of benzene rings is 2. The second kappa shape index (κ2) is 8.67. The van der Waals surface area contributed by atoms with Crippen molar-refractivity contribution in [3.05, 3.63) is 80.1 Å². The van der Waals surface area contributed by atoms with E-state index in [0.29, 0.717) is 26.9 Å². The maximum Gasteiger partial charge on any atom is 0.266 e. The summed E-state index contributed by atoms with van der Waals surface area (Å²) in [4.78, 5) is 12.3. The fourth-order valence-electron chi connectivity index (χ4n) is 2.79. The van der Waals surface area contributed by atoms with Gasteiger partial charge in [0.15, 0.2) is 0 Å². The molecule has 0 atom stereocenters. The van der Waals surface area contributed by atoms with Crippen molar-refractivity contribution >= 4 is 33.2 Å². The molecule has 0 fully saturated rings. The maximum atomic E-state index is 12.6. The number of halogens is 2. The van der Waals surface area contributed by atoms with E-state index in [0.717, 1.165) is 5.56 Å². The van der Waals surface area contributed by atoms with Gasteiger partial charge in [0.2, 0.25) is 10.0 Å². The molecule has 0 unspecified atom stereocenters. The van der Waals surface area contributed by atoms with E-state index < -0.39 is 10.0 Å². The molecule has 0 amide bonds. The third-order valence-electron chi connectivity index (χ3n) is 4.37. The van der Waals surface area contributed by atoms with Crippen LogP contribution < -0.4 is 10.3 Å². The Morgan fingerprint density at radius 1 is 1.00 bits per heavy atom. The van der Waals surface area contributed by atoms with E-state index in [-0.39, 0.29) is 23.5 Å². The summed E-state index contributed by atoms with van der Waals surface area (Å²) < 4.78 is 29.0. The monoisotopic (exact) mass is 451 g/mol. The van der Waals surface area contributed by atoms with Crippen LogP contribution in [0.1, 0.15) is 11.1 Å². The van der Waals surface area contributed by atoms with E-state index >= 15 is 0 Å². The van der Waals surface area contributed by atoms with Crippen molar-refractivity contribution in [1.82, 2.24) is 14.5 Å². The van der Waals surface area contributed by atoms with Crippen LogP contribution in [0, 0.1) is 13.8 Å². The van der Waals surface area contributed by atoms with Crippen LogP contribution in [-0.2, 0) is 16.6 Å². The van der Waals surface area contributed by atoms with Gasteiger partial charge in [0.25, 0.3) is 5.56 Å². The van der Waals surface area contributed by atoms with Crippen molar-refractivity contribution in [1.29, 1.82) is 0 Å². The van der Waals surface area contributed by atoms with Gasteiger partial charge in [-0.05, 0) is 55.3 Å². The first-order valence-corrected chi connectivity index (χ1v) is 11.0. The van der Waals surface area contributed by atoms with Crippen molar-refractivity contribution in [2.45, 2.75) is 25.3 Å². The molecule has 0 spiro atoms. The molecule has 3 aromatic rings. The van der Waals surface area contributed by atoms with Gasteiger partial charge in [-0.15, -0.1) is 0 Å². The van der Waals surface area contributed by atoms with Gasteiger partial charge in [-0.3, -0.25) is 4.79 Å². The predicted molar refractivity (Wildman–Crippen MR) is 115 cm³/mol. The number of sulfonamides is 1. The van der Waals surface area contributed by atoms with Gasteiger partial charge in [0, 0.05) is 28.2 Å². The number of nitrogens with zero attached hydrogens (tertiary/aromatic N) is 2. The highest BCUT2D eigenvalue weighted by Crippen LogP contribution is 2.23. The quantitative estimate of drug-likeness (QED) is 0.617. The molecule has 152 valence electrons. The van der Waals surface area contributed by atoms with Crippen LogP contribution in [0.5, 0.6) is 0 Å². The molecular formula is C20H19Cl2N3O3S. The van der Waals surface area contributed by atoms with Gasteiger partial charge in [-0.2, -0.15) is 5.10 Å². The number of nitrogens with one attached hydrogen (secondary N) is 1. The molecule has 9 heteroatoms. The molecular weight excluding hydrogens is 433 g/mol. The van der Waals surface area contributed by atoms with E-state index in [4.69, 9.17) is 23.2 Å². The molecule has 0 aliphatic heterocycles. The summed E-state index contributed by atoms with van der Waals surface area (Å²) in [5.41, 5.74) is 2.30. The van der Waals surface area contributed by atoms with Crippen molar-refractivity contribution in [2.75, 3.05) is 6.54 Å². The van der Waals surface area contributed by atoms with E-state index in [2.05, 4.69) is 9.82 Å². The van der Waals surface area contributed by atoms with Crippen LogP contribution in [0.25, 0.3) is 11.3 Å². The Labute approximate surface area is 179 Å². The standard InChI is InChI=1S/C20H19Cl2N3O3S/c1-13-12-19(14(2)11-17(13)22)29(27,28)23-9-10-25-20(26)8-7-18(24-25)15-3-5-16(21)6-4-15/h3-8,11-12,23H,9-10H2,1-2H3. The fraction of sp³-hybridized carbons (Fsp3) is 0.200. The molecule has 0 aliphatic carbocycles. The van der Waals surface area contributed by atoms with Crippen molar-refractivity contribution < 1.29 is 8.42 Å². The van der Waals surface area contributed by atoms with Gasteiger partial charge in [-0.25, -0.2) is 17.8 Å². The van der Waals surface area contributed by atoms with Gasteiger partial charge in [-0.1, -0.05) is 35.3 Å². The Morgan fingerprint density at radius 2 is 1.69 bits per heavy atom. The lowest BCUT2D eigenvalue weighted by Gasteiger charge is -2.12. The highest BCUT2D eigenvalue weighted by atomic mass is 35.5. The molecule has 0 saturated heterocycles. The first-order valence-electron chi connectivity index (χ1n) is 8.78. The molecule has 6 nitrogen and oxygen atoms in total. The molecule has 0 radical (unpaired) electrons. The highest BCUT2D eigenvalue weighted by Gasteiger charge is 2.18. The lowest BCUT2D eigenvalue weighted by atomic mass is 10.1. The minimum absolute atomic E-state index is 0.0143. The normalized spacial score (nSPS) is 11.6. The predicted octanol–water partition coefficient (Wildman–Crippen LogP) is 3.81. The average molecular weight is 452 g/mol. The summed E-state index contributed by atoms with van der Waals surface area (Å²) in [6.07, 6.45) is 0. The lowest BCUT2D eigenvalue weighted by Crippen LogP contribution is -2.32.